The molecule has 1 atom stereocenters. The number of hydrogen-bond donors (Lipinski definition) is 2. The smallest absolute Gasteiger partial charge is 0.319 e. The highest BCUT2D eigenvalue weighted by molar-refractivity contribution is 8.01. The normalized spacial score (nSPS) is 11.3. The van der Waals surface area contributed by atoms with Crippen LogP contribution in [0.25, 0.3) is 0 Å². The number of nitrogens with one attached hydrogen (secondary N) is 2. The molecule has 2 amide bonds. The predicted molar refractivity (Wildman–Crippen MR) is 121 cm³/mol. The lowest BCUT2D eigenvalue weighted by Crippen LogP contribution is -2.26. The molecule has 0 aliphatic carbocycles. The van der Waals surface area contributed by atoms with Crippen LogP contribution in [0.5, 0.6) is 11.5 Å². The molecule has 0 spiro atoms. The second-order valence-corrected chi connectivity index (χ2v) is 8.09. The van der Waals surface area contributed by atoms with Gasteiger partial charge in [0.25, 0.3) is 5.91 Å². The number of benzene rings is 2. The van der Waals surface area contributed by atoms with Gasteiger partial charge in [-0.05, 0) is 37.3 Å². The van der Waals surface area contributed by atoms with E-state index in [0.29, 0.717) is 22.9 Å². The number of esters is 1. The summed E-state index contributed by atoms with van der Waals surface area (Å²) < 4.78 is 28.2. The first kappa shape index (κ1) is 25.3. The van der Waals surface area contributed by atoms with Crippen molar-refractivity contribution in [1.82, 2.24) is 0 Å². The van der Waals surface area contributed by atoms with Gasteiger partial charge in [0.05, 0.1) is 30.7 Å². The summed E-state index contributed by atoms with van der Waals surface area (Å²) in [6, 6.07) is 8.28. The van der Waals surface area contributed by atoms with E-state index in [4.69, 9.17) is 25.8 Å². The molecule has 32 heavy (non-hydrogen) atoms. The molecule has 0 bridgehead atoms. The fourth-order valence-electron chi connectivity index (χ4n) is 2.40. The molecule has 0 radical (unpaired) electrons. The van der Waals surface area contributed by atoms with Crippen LogP contribution in [-0.2, 0) is 19.1 Å². The molecule has 2 rings (SSSR count). The van der Waals surface area contributed by atoms with Crippen molar-refractivity contribution in [3.8, 4) is 11.5 Å². The molecule has 172 valence electrons. The van der Waals surface area contributed by atoms with Gasteiger partial charge in [-0.1, -0.05) is 11.6 Å². The number of carbonyl (C=O) groups excluding carboxylic acids is 3. The molecule has 11 heteroatoms. The Morgan fingerprint density at radius 1 is 1.03 bits per heavy atom. The molecule has 0 saturated carbocycles. The Morgan fingerprint density at radius 3 is 2.31 bits per heavy atom. The summed E-state index contributed by atoms with van der Waals surface area (Å²) in [6.07, 6.45) is 0. The van der Waals surface area contributed by atoms with Crippen molar-refractivity contribution in [2.75, 3.05) is 37.2 Å². The van der Waals surface area contributed by atoms with Crippen molar-refractivity contribution in [3.63, 3.8) is 0 Å². The van der Waals surface area contributed by atoms with Gasteiger partial charge in [-0.15, -0.1) is 11.8 Å². The highest BCUT2D eigenvalue weighted by atomic mass is 35.5. The van der Waals surface area contributed by atoms with Crippen molar-refractivity contribution in [1.29, 1.82) is 0 Å². The summed E-state index contributed by atoms with van der Waals surface area (Å²) in [5.41, 5.74) is 0.734. The van der Waals surface area contributed by atoms with E-state index in [-0.39, 0.29) is 16.7 Å². The van der Waals surface area contributed by atoms with Crippen LogP contribution < -0.4 is 20.1 Å². The van der Waals surface area contributed by atoms with Crippen molar-refractivity contribution in [2.45, 2.75) is 12.2 Å². The summed E-state index contributed by atoms with van der Waals surface area (Å²) in [7, 11) is 2.87. The Balaban J connectivity index is 1.79. The van der Waals surface area contributed by atoms with Gasteiger partial charge >= 0.3 is 5.97 Å². The van der Waals surface area contributed by atoms with E-state index in [9.17, 15) is 18.8 Å². The van der Waals surface area contributed by atoms with Crippen LogP contribution >= 0.6 is 23.4 Å². The standard InChI is InChI=1S/C21H22ClFN2O6S/c1-12(32-11-20(27)24-14-6-4-13(23)5-7-14)21(28)31-10-19(26)25-16-8-15(22)17(29-2)9-18(16)30-3/h4-9,12H,10-11H2,1-3H3,(H,24,27)(H,25,26). The van der Waals surface area contributed by atoms with Crippen molar-refractivity contribution in [2.24, 2.45) is 0 Å². The molecule has 2 aromatic carbocycles. The van der Waals surface area contributed by atoms with Crippen molar-refractivity contribution >= 4 is 52.5 Å². The van der Waals surface area contributed by atoms with Gasteiger partial charge in [0.1, 0.15) is 22.6 Å². The second kappa shape index (κ2) is 12.2. The largest absolute Gasteiger partial charge is 0.495 e. The SMILES string of the molecule is COc1cc(OC)c(NC(=O)COC(=O)C(C)SCC(=O)Nc2ccc(F)cc2)cc1Cl. The van der Waals surface area contributed by atoms with Gasteiger partial charge in [-0.2, -0.15) is 0 Å². The Bertz CT molecular complexity index is 974. The Kier molecular flexibility index (Phi) is 9.61. The average molecular weight is 485 g/mol. The van der Waals surface area contributed by atoms with Gasteiger partial charge in [-0.3, -0.25) is 14.4 Å². The van der Waals surface area contributed by atoms with E-state index in [1.54, 1.807) is 6.92 Å². The van der Waals surface area contributed by atoms with E-state index in [0.717, 1.165) is 11.8 Å². The molecule has 2 aromatic rings. The van der Waals surface area contributed by atoms with E-state index in [1.807, 2.05) is 0 Å². The van der Waals surface area contributed by atoms with Crippen LogP contribution in [-0.4, -0.2) is 49.6 Å². The maximum atomic E-state index is 12.9. The number of methoxy groups -OCH3 is 2. The number of hydrogen-bond acceptors (Lipinski definition) is 7. The molecule has 0 aromatic heterocycles. The number of thioether (sulfide) groups is 1. The molecule has 8 nitrogen and oxygen atoms in total. The maximum Gasteiger partial charge on any atom is 0.319 e. The number of ether oxygens (including phenoxy) is 3. The zero-order valence-electron chi connectivity index (χ0n) is 17.6. The Labute approximate surface area is 193 Å². The number of anilines is 2. The van der Waals surface area contributed by atoms with Crippen LogP contribution in [0.1, 0.15) is 6.92 Å². The van der Waals surface area contributed by atoms with Gasteiger partial charge in [-0.25, -0.2) is 4.39 Å². The fourth-order valence-corrected chi connectivity index (χ4v) is 3.32. The predicted octanol–water partition coefficient (Wildman–Crippen LogP) is 3.74. The van der Waals surface area contributed by atoms with E-state index >= 15 is 0 Å². The molecule has 0 saturated heterocycles. The quantitative estimate of drug-likeness (QED) is 0.495. The van der Waals surface area contributed by atoms with E-state index < -0.39 is 29.6 Å². The summed E-state index contributed by atoms with van der Waals surface area (Å²) in [6.45, 7) is 1.03. The average Bonchev–Trinajstić information content (AvgIpc) is 2.77. The van der Waals surface area contributed by atoms with Gasteiger partial charge in [0, 0.05) is 11.8 Å². The van der Waals surface area contributed by atoms with E-state index in [1.165, 1.54) is 50.6 Å². The van der Waals surface area contributed by atoms with Gasteiger partial charge < -0.3 is 24.8 Å². The van der Waals surface area contributed by atoms with E-state index in [2.05, 4.69) is 10.6 Å². The Morgan fingerprint density at radius 2 is 1.69 bits per heavy atom. The second-order valence-electron chi connectivity index (χ2n) is 6.35. The molecule has 1 unspecified atom stereocenters. The monoisotopic (exact) mass is 484 g/mol. The number of halogens is 2. The van der Waals surface area contributed by atoms with Crippen LogP contribution in [0.4, 0.5) is 15.8 Å². The highest BCUT2D eigenvalue weighted by Gasteiger charge is 2.19. The molecule has 0 aliphatic heterocycles. The van der Waals surface area contributed by atoms with Crippen molar-refractivity contribution < 1.29 is 33.0 Å². The number of carbonyl (C=O) groups is 3. The summed E-state index contributed by atoms with van der Waals surface area (Å²) >= 11 is 7.10. The van der Waals surface area contributed by atoms with Gasteiger partial charge in [0.2, 0.25) is 5.91 Å². The maximum absolute atomic E-state index is 12.9. The van der Waals surface area contributed by atoms with Crippen LogP contribution in [0.3, 0.4) is 0 Å². The van der Waals surface area contributed by atoms with Crippen LogP contribution in [0.2, 0.25) is 5.02 Å². The summed E-state index contributed by atoms with van der Waals surface area (Å²) in [5, 5.41) is 4.72. The van der Waals surface area contributed by atoms with Crippen molar-refractivity contribution in [3.05, 3.63) is 47.2 Å². The number of rotatable bonds is 10. The van der Waals surface area contributed by atoms with Gasteiger partial charge in [0.15, 0.2) is 6.61 Å². The highest BCUT2D eigenvalue weighted by Crippen LogP contribution is 2.35. The molecular weight excluding hydrogens is 463 g/mol. The minimum atomic E-state index is -0.688. The zero-order chi connectivity index (χ0) is 23.7. The first-order valence-electron chi connectivity index (χ1n) is 9.28. The first-order valence-corrected chi connectivity index (χ1v) is 10.7. The lowest BCUT2D eigenvalue weighted by Gasteiger charge is -2.14. The minimum absolute atomic E-state index is 0.0264. The lowest BCUT2D eigenvalue weighted by molar-refractivity contribution is -0.146. The third kappa shape index (κ3) is 7.61. The topological polar surface area (TPSA) is 103 Å². The molecule has 0 heterocycles. The first-order chi connectivity index (χ1) is 15.2. The fraction of sp³-hybridized carbons (Fsp3) is 0.286. The lowest BCUT2D eigenvalue weighted by atomic mass is 10.2. The summed E-state index contributed by atoms with van der Waals surface area (Å²) in [4.78, 5) is 36.2. The third-order valence-electron chi connectivity index (χ3n) is 4.02. The zero-order valence-corrected chi connectivity index (χ0v) is 19.1. The molecule has 2 N–H and O–H groups in total. The molecule has 0 fully saturated rings. The molecule has 0 aliphatic rings. The summed E-state index contributed by atoms with van der Waals surface area (Å²) in [5.74, 6) is -1.34. The Hall–Kier alpha value is -2.98. The van der Waals surface area contributed by atoms with Crippen LogP contribution in [0.15, 0.2) is 36.4 Å². The third-order valence-corrected chi connectivity index (χ3v) is 5.43. The molecular formula is C21H22ClFN2O6S. The minimum Gasteiger partial charge on any atom is -0.495 e. The van der Waals surface area contributed by atoms with Crippen LogP contribution in [0, 0.1) is 5.82 Å². The number of amides is 2.